The van der Waals surface area contributed by atoms with Gasteiger partial charge in [-0.1, -0.05) is 31.2 Å². The summed E-state index contributed by atoms with van der Waals surface area (Å²) in [6, 6.07) is 8.22. The Morgan fingerprint density at radius 2 is 2.00 bits per heavy atom. The van der Waals surface area contributed by atoms with E-state index in [0.29, 0.717) is 6.54 Å². The summed E-state index contributed by atoms with van der Waals surface area (Å²) in [5, 5.41) is 8.15. The molecule has 0 amide bonds. The third kappa shape index (κ3) is 2.71. The van der Waals surface area contributed by atoms with E-state index in [1.165, 1.54) is 11.1 Å². The number of hydrogen-bond donors (Lipinski definition) is 1. The molecule has 4 heteroatoms. The van der Waals surface area contributed by atoms with Gasteiger partial charge >= 0.3 is 0 Å². The van der Waals surface area contributed by atoms with Crippen molar-refractivity contribution in [3.63, 3.8) is 0 Å². The maximum Gasteiger partial charge on any atom is 0.137 e. The van der Waals surface area contributed by atoms with Crippen LogP contribution in [0.2, 0.25) is 0 Å². The highest BCUT2D eigenvalue weighted by atomic mass is 15.3. The Balaban J connectivity index is 2.22. The van der Waals surface area contributed by atoms with E-state index in [9.17, 15) is 0 Å². The Labute approximate surface area is 101 Å². The molecule has 0 aliphatic rings. The normalized spacial score (nSPS) is 10.7. The lowest BCUT2D eigenvalue weighted by Crippen LogP contribution is -2.07. The molecular weight excluding hydrogens is 212 g/mol. The molecule has 2 aromatic rings. The van der Waals surface area contributed by atoms with Crippen LogP contribution < -0.4 is 5.73 Å². The lowest BCUT2D eigenvalue weighted by atomic mass is 10.0. The fraction of sp³-hybridized carbons (Fsp3) is 0.385. The second-order valence-corrected chi connectivity index (χ2v) is 4.09. The van der Waals surface area contributed by atoms with E-state index < -0.39 is 0 Å². The van der Waals surface area contributed by atoms with Crippen LogP contribution in [0.4, 0.5) is 0 Å². The summed E-state index contributed by atoms with van der Waals surface area (Å²) >= 11 is 0. The number of aryl methyl sites for hydroxylation is 1. The van der Waals surface area contributed by atoms with Crippen LogP contribution in [0, 0.1) is 0 Å². The van der Waals surface area contributed by atoms with Crippen molar-refractivity contribution in [1.29, 1.82) is 0 Å². The Morgan fingerprint density at radius 1 is 1.24 bits per heavy atom. The first-order chi connectivity index (χ1) is 8.35. The quantitative estimate of drug-likeness (QED) is 0.851. The molecule has 0 atom stereocenters. The summed E-state index contributed by atoms with van der Waals surface area (Å²) in [5.41, 5.74) is 8.15. The summed E-state index contributed by atoms with van der Waals surface area (Å²) in [5.74, 6) is 1.01. The molecule has 90 valence electrons. The lowest BCUT2D eigenvalue weighted by molar-refractivity contribution is 0.645. The second kappa shape index (κ2) is 5.59. The van der Waals surface area contributed by atoms with Crippen molar-refractivity contribution in [3.05, 3.63) is 47.5 Å². The first-order valence-corrected chi connectivity index (χ1v) is 5.98. The van der Waals surface area contributed by atoms with Crippen molar-refractivity contribution >= 4 is 0 Å². The molecule has 4 nitrogen and oxygen atoms in total. The van der Waals surface area contributed by atoms with Crippen LogP contribution in [0.1, 0.15) is 30.3 Å². The van der Waals surface area contributed by atoms with Gasteiger partial charge in [-0.15, -0.1) is 10.2 Å². The van der Waals surface area contributed by atoms with E-state index in [4.69, 9.17) is 5.73 Å². The smallest absolute Gasteiger partial charge is 0.137 e. The van der Waals surface area contributed by atoms with E-state index >= 15 is 0 Å². The largest absolute Gasteiger partial charge is 0.326 e. The molecule has 2 rings (SSSR count). The van der Waals surface area contributed by atoms with E-state index in [1.807, 2.05) is 12.1 Å². The molecule has 0 saturated carbocycles. The average Bonchev–Trinajstić information content (AvgIpc) is 2.78. The zero-order valence-electron chi connectivity index (χ0n) is 10.1. The average molecular weight is 230 g/mol. The van der Waals surface area contributed by atoms with E-state index in [0.717, 1.165) is 25.2 Å². The number of nitrogens with zero attached hydrogens (tertiary/aromatic N) is 3. The van der Waals surface area contributed by atoms with E-state index in [2.05, 4.69) is 33.8 Å². The van der Waals surface area contributed by atoms with Gasteiger partial charge in [0.2, 0.25) is 0 Å². The monoisotopic (exact) mass is 230 g/mol. The van der Waals surface area contributed by atoms with Crippen molar-refractivity contribution in [2.24, 2.45) is 5.73 Å². The van der Waals surface area contributed by atoms with Crippen LogP contribution in [0.25, 0.3) is 0 Å². The molecule has 1 heterocycles. The molecule has 0 radical (unpaired) electrons. The van der Waals surface area contributed by atoms with Gasteiger partial charge in [0.05, 0.1) is 0 Å². The number of nitrogens with two attached hydrogens (primary N) is 1. The van der Waals surface area contributed by atoms with Crippen molar-refractivity contribution in [1.82, 2.24) is 14.8 Å². The summed E-state index contributed by atoms with van der Waals surface area (Å²) in [7, 11) is 0. The number of hydrogen-bond acceptors (Lipinski definition) is 3. The predicted octanol–water partition coefficient (Wildman–Crippen LogP) is 1.74. The van der Waals surface area contributed by atoms with Crippen LogP contribution >= 0.6 is 0 Å². The zero-order valence-corrected chi connectivity index (χ0v) is 10.1. The van der Waals surface area contributed by atoms with Gasteiger partial charge in [0.25, 0.3) is 0 Å². The Hall–Kier alpha value is -1.68. The van der Waals surface area contributed by atoms with Gasteiger partial charge in [-0.2, -0.15) is 0 Å². The predicted molar refractivity (Wildman–Crippen MR) is 67.5 cm³/mol. The highest BCUT2D eigenvalue weighted by molar-refractivity contribution is 5.29. The molecule has 0 unspecified atom stereocenters. The molecule has 1 aromatic heterocycles. The number of aromatic nitrogens is 3. The lowest BCUT2D eigenvalue weighted by Gasteiger charge is -2.08. The van der Waals surface area contributed by atoms with Gasteiger partial charge in [0, 0.05) is 19.5 Å². The van der Waals surface area contributed by atoms with Gasteiger partial charge in [-0.05, 0) is 17.5 Å². The molecule has 0 saturated heterocycles. The third-order valence-electron chi connectivity index (χ3n) is 2.85. The van der Waals surface area contributed by atoms with Gasteiger partial charge < -0.3 is 10.3 Å². The molecule has 0 bridgehead atoms. The van der Waals surface area contributed by atoms with Crippen LogP contribution in [0.15, 0.2) is 30.6 Å². The van der Waals surface area contributed by atoms with Crippen LogP contribution in [-0.4, -0.2) is 14.8 Å². The summed E-state index contributed by atoms with van der Waals surface area (Å²) in [4.78, 5) is 0. The Bertz CT molecular complexity index is 476. The van der Waals surface area contributed by atoms with E-state index in [-0.39, 0.29) is 0 Å². The Kier molecular flexibility index (Phi) is 3.88. The number of benzene rings is 1. The van der Waals surface area contributed by atoms with Gasteiger partial charge in [0.1, 0.15) is 12.2 Å². The topological polar surface area (TPSA) is 56.7 Å². The molecule has 1 aromatic carbocycles. The fourth-order valence-electron chi connectivity index (χ4n) is 1.94. The van der Waals surface area contributed by atoms with Crippen molar-refractivity contribution in [2.75, 3.05) is 0 Å². The van der Waals surface area contributed by atoms with Crippen molar-refractivity contribution in [2.45, 2.75) is 32.9 Å². The van der Waals surface area contributed by atoms with Crippen LogP contribution in [-0.2, 0) is 19.5 Å². The third-order valence-corrected chi connectivity index (χ3v) is 2.85. The van der Waals surface area contributed by atoms with E-state index in [1.54, 1.807) is 6.33 Å². The van der Waals surface area contributed by atoms with Crippen LogP contribution in [0.5, 0.6) is 0 Å². The second-order valence-electron chi connectivity index (χ2n) is 4.09. The minimum atomic E-state index is 0.568. The molecule has 0 fully saturated rings. The zero-order chi connectivity index (χ0) is 12.1. The van der Waals surface area contributed by atoms with Crippen molar-refractivity contribution in [3.8, 4) is 0 Å². The molecule has 2 N–H and O–H groups in total. The van der Waals surface area contributed by atoms with Gasteiger partial charge in [0.15, 0.2) is 0 Å². The maximum atomic E-state index is 5.73. The fourth-order valence-corrected chi connectivity index (χ4v) is 1.94. The number of rotatable bonds is 5. The standard InChI is InChI=1S/C13H18N4/c1-2-7-17-10-15-16-13(17)8-11-5-3-4-6-12(11)9-14/h3-6,10H,2,7-9,14H2,1H3. The first-order valence-electron chi connectivity index (χ1n) is 5.98. The molecule has 0 aliphatic heterocycles. The first kappa shape index (κ1) is 11.8. The maximum absolute atomic E-state index is 5.73. The van der Waals surface area contributed by atoms with Gasteiger partial charge in [-0.3, -0.25) is 0 Å². The SMILES string of the molecule is CCCn1cnnc1Cc1ccccc1CN. The summed E-state index contributed by atoms with van der Waals surface area (Å²) in [6.07, 6.45) is 3.68. The molecule has 0 aliphatic carbocycles. The van der Waals surface area contributed by atoms with Crippen molar-refractivity contribution < 1.29 is 0 Å². The molecule has 0 spiro atoms. The highest BCUT2D eigenvalue weighted by Crippen LogP contribution is 2.12. The Morgan fingerprint density at radius 3 is 2.71 bits per heavy atom. The van der Waals surface area contributed by atoms with Gasteiger partial charge in [-0.25, -0.2) is 0 Å². The minimum absolute atomic E-state index is 0.568. The molecule has 17 heavy (non-hydrogen) atoms. The highest BCUT2D eigenvalue weighted by Gasteiger charge is 2.07. The summed E-state index contributed by atoms with van der Waals surface area (Å²) < 4.78 is 2.10. The van der Waals surface area contributed by atoms with Crippen LogP contribution in [0.3, 0.4) is 0 Å². The summed E-state index contributed by atoms with van der Waals surface area (Å²) in [6.45, 7) is 3.68. The minimum Gasteiger partial charge on any atom is -0.326 e. The molecular formula is C13H18N4.